The zero-order valence-corrected chi connectivity index (χ0v) is 13.1. The fraction of sp³-hybridized carbons (Fsp3) is 0.421. The van der Waals surface area contributed by atoms with Crippen LogP contribution in [0.2, 0.25) is 0 Å². The number of nitrogens with zero attached hydrogens (tertiary/aromatic N) is 1. The molecule has 0 aromatic heterocycles. The second-order valence-electron chi connectivity index (χ2n) is 6.44. The van der Waals surface area contributed by atoms with E-state index in [0.717, 1.165) is 49.6 Å². The Balaban J connectivity index is 1.67. The molecule has 2 aliphatic heterocycles. The fourth-order valence-corrected chi connectivity index (χ4v) is 3.92. The highest BCUT2D eigenvalue weighted by atomic mass is 16.5. The Hall–Kier alpha value is -2.07. The van der Waals surface area contributed by atoms with Gasteiger partial charge in [-0.05, 0) is 37.1 Å². The van der Waals surface area contributed by atoms with Crippen molar-refractivity contribution in [2.75, 3.05) is 13.2 Å². The minimum Gasteiger partial charge on any atom is -0.506 e. The van der Waals surface area contributed by atoms with Crippen molar-refractivity contribution in [2.24, 2.45) is 0 Å². The lowest BCUT2D eigenvalue weighted by Crippen LogP contribution is -2.42. The number of ether oxygens (including phenoxy) is 1. The van der Waals surface area contributed by atoms with Gasteiger partial charge in [0.05, 0.1) is 17.7 Å². The summed E-state index contributed by atoms with van der Waals surface area (Å²) in [4.78, 5) is 14.9. The van der Waals surface area contributed by atoms with Gasteiger partial charge in [0.15, 0.2) is 0 Å². The SMILES string of the molecule is O=C(c1ccc2ccccc2c1O)N1CCC[C@H]1[C@@H]1CCCO1. The van der Waals surface area contributed by atoms with Gasteiger partial charge < -0.3 is 14.7 Å². The lowest BCUT2D eigenvalue weighted by atomic mass is 10.0. The van der Waals surface area contributed by atoms with Crippen LogP contribution in [0.1, 0.15) is 36.0 Å². The highest BCUT2D eigenvalue weighted by Crippen LogP contribution is 2.33. The molecule has 2 saturated heterocycles. The van der Waals surface area contributed by atoms with E-state index in [1.807, 2.05) is 35.2 Å². The maximum Gasteiger partial charge on any atom is 0.257 e. The van der Waals surface area contributed by atoms with Crippen molar-refractivity contribution in [2.45, 2.75) is 37.8 Å². The Morgan fingerprint density at radius 2 is 2.00 bits per heavy atom. The van der Waals surface area contributed by atoms with Crippen molar-refractivity contribution in [3.8, 4) is 5.75 Å². The van der Waals surface area contributed by atoms with Crippen LogP contribution in [0.3, 0.4) is 0 Å². The second-order valence-corrected chi connectivity index (χ2v) is 6.44. The Kier molecular flexibility index (Phi) is 3.69. The number of likely N-dealkylation sites (tertiary alicyclic amines) is 1. The third-order valence-corrected chi connectivity index (χ3v) is 5.09. The van der Waals surface area contributed by atoms with Gasteiger partial charge in [-0.15, -0.1) is 0 Å². The fourth-order valence-electron chi connectivity index (χ4n) is 3.92. The van der Waals surface area contributed by atoms with Crippen LogP contribution in [0, 0.1) is 0 Å². The molecule has 2 atom stereocenters. The van der Waals surface area contributed by atoms with E-state index in [2.05, 4.69) is 0 Å². The molecule has 0 saturated carbocycles. The van der Waals surface area contributed by atoms with Gasteiger partial charge in [0.25, 0.3) is 5.91 Å². The number of phenolic OH excluding ortho intramolecular Hbond substituents is 1. The van der Waals surface area contributed by atoms with Crippen LogP contribution in [0.4, 0.5) is 0 Å². The highest BCUT2D eigenvalue weighted by molar-refractivity contribution is 6.03. The summed E-state index contributed by atoms with van der Waals surface area (Å²) in [6.07, 6.45) is 4.25. The molecular weight excluding hydrogens is 290 g/mol. The summed E-state index contributed by atoms with van der Waals surface area (Å²) in [5, 5.41) is 12.2. The summed E-state index contributed by atoms with van der Waals surface area (Å²) in [6.45, 7) is 1.54. The number of fused-ring (bicyclic) bond motifs is 1. The Morgan fingerprint density at radius 1 is 1.13 bits per heavy atom. The third kappa shape index (κ3) is 2.47. The van der Waals surface area contributed by atoms with Crippen LogP contribution < -0.4 is 0 Å². The smallest absolute Gasteiger partial charge is 0.257 e. The van der Waals surface area contributed by atoms with Crippen LogP contribution >= 0.6 is 0 Å². The van der Waals surface area contributed by atoms with Crippen LogP contribution in [-0.2, 0) is 4.74 Å². The van der Waals surface area contributed by atoms with Gasteiger partial charge in [0.2, 0.25) is 0 Å². The highest BCUT2D eigenvalue weighted by Gasteiger charge is 2.37. The molecule has 4 heteroatoms. The minimum atomic E-state index is -0.0775. The summed E-state index contributed by atoms with van der Waals surface area (Å²) in [5.74, 6) is 0.0114. The summed E-state index contributed by atoms with van der Waals surface area (Å²) in [7, 11) is 0. The number of hydrogen-bond acceptors (Lipinski definition) is 3. The molecule has 0 radical (unpaired) electrons. The van der Waals surface area contributed by atoms with Crippen LogP contribution in [0.15, 0.2) is 36.4 Å². The molecule has 2 aromatic rings. The average molecular weight is 311 g/mol. The van der Waals surface area contributed by atoms with Gasteiger partial charge in [-0.25, -0.2) is 0 Å². The molecule has 2 heterocycles. The number of carbonyl (C=O) groups excluding carboxylic acids is 1. The van der Waals surface area contributed by atoms with Gasteiger partial charge in [0.1, 0.15) is 5.75 Å². The van der Waals surface area contributed by atoms with Crippen molar-refractivity contribution in [1.82, 2.24) is 4.90 Å². The maximum atomic E-state index is 13.0. The van der Waals surface area contributed by atoms with Crippen LogP contribution in [0.5, 0.6) is 5.75 Å². The standard InChI is InChI=1S/C19H21NO3/c21-18-14-6-2-1-5-13(14)9-10-15(18)19(22)20-11-3-7-16(20)17-8-4-12-23-17/h1-2,5-6,9-10,16-17,21H,3-4,7-8,11-12H2/t16-,17-/m0/s1. The topological polar surface area (TPSA) is 49.8 Å². The van der Waals surface area contributed by atoms with E-state index in [9.17, 15) is 9.90 Å². The van der Waals surface area contributed by atoms with Gasteiger partial charge in [0, 0.05) is 18.5 Å². The van der Waals surface area contributed by atoms with E-state index in [1.54, 1.807) is 6.07 Å². The molecule has 2 aliphatic rings. The lowest BCUT2D eigenvalue weighted by Gasteiger charge is -2.29. The average Bonchev–Trinajstić information content (AvgIpc) is 3.26. The summed E-state index contributed by atoms with van der Waals surface area (Å²) in [6, 6.07) is 11.4. The second kappa shape index (κ2) is 5.85. The molecule has 2 aromatic carbocycles. The molecule has 4 nitrogen and oxygen atoms in total. The van der Waals surface area contributed by atoms with E-state index >= 15 is 0 Å². The molecule has 0 spiro atoms. The number of carbonyl (C=O) groups is 1. The molecule has 0 aliphatic carbocycles. The Bertz CT molecular complexity index is 736. The van der Waals surface area contributed by atoms with Crippen molar-refractivity contribution >= 4 is 16.7 Å². The van der Waals surface area contributed by atoms with Gasteiger partial charge in [-0.2, -0.15) is 0 Å². The maximum absolute atomic E-state index is 13.0. The van der Waals surface area contributed by atoms with Gasteiger partial charge in [-0.1, -0.05) is 30.3 Å². The molecular formula is C19H21NO3. The molecule has 2 fully saturated rings. The van der Waals surface area contributed by atoms with Crippen molar-refractivity contribution < 1.29 is 14.6 Å². The first-order chi connectivity index (χ1) is 11.3. The molecule has 4 rings (SSSR count). The van der Waals surface area contributed by atoms with E-state index < -0.39 is 0 Å². The first-order valence-electron chi connectivity index (χ1n) is 8.39. The number of aromatic hydroxyl groups is 1. The van der Waals surface area contributed by atoms with Gasteiger partial charge in [-0.3, -0.25) is 4.79 Å². The number of rotatable bonds is 2. The largest absolute Gasteiger partial charge is 0.506 e. The predicted octanol–water partition coefficient (Wildman–Crippen LogP) is 3.33. The predicted molar refractivity (Wildman–Crippen MR) is 88.6 cm³/mol. The Labute approximate surface area is 135 Å². The number of phenols is 1. The van der Waals surface area contributed by atoms with Crippen molar-refractivity contribution in [3.05, 3.63) is 42.0 Å². The third-order valence-electron chi connectivity index (χ3n) is 5.09. The molecule has 23 heavy (non-hydrogen) atoms. The normalized spacial score (nSPS) is 24.4. The Morgan fingerprint density at radius 3 is 2.83 bits per heavy atom. The molecule has 0 unspecified atom stereocenters. The van der Waals surface area contributed by atoms with E-state index in [1.165, 1.54) is 0 Å². The van der Waals surface area contributed by atoms with E-state index in [0.29, 0.717) is 5.56 Å². The number of benzene rings is 2. The minimum absolute atomic E-state index is 0.0775. The number of hydrogen-bond donors (Lipinski definition) is 1. The summed E-state index contributed by atoms with van der Waals surface area (Å²) in [5.41, 5.74) is 0.397. The molecule has 1 amide bonds. The van der Waals surface area contributed by atoms with Crippen LogP contribution in [-0.4, -0.2) is 41.2 Å². The van der Waals surface area contributed by atoms with E-state index in [-0.39, 0.29) is 23.8 Å². The summed E-state index contributed by atoms with van der Waals surface area (Å²) >= 11 is 0. The first-order valence-corrected chi connectivity index (χ1v) is 8.39. The zero-order chi connectivity index (χ0) is 15.8. The quantitative estimate of drug-likeness (QED) is 0.925. The van der Waals surface area contributed by atoms with Crippen molar-refractivity contribution in [3.63, 3.8) is 0 Å². The first kappa shape index (κ1) is 14.5. The van der Waals surface area contributed by atoms with Crippen LogP contribution in [0.25, 0.3) is 10.8 Å². The monoisotopic (exact) mass is 311 g/mol. The zero-order valence-electron chi connectivity index (χ0n) is 13.1. The lowest BCUT2D eigenvalue weighted by molar-refractivity contribution is 0.0339. The van der Waals surface area contributed by atoms with E-state index in [4.69, 9.17) is 4.74 Å². The molecule has 1 N–H and O–H groups in total. The number of amides is 1. The van der Waals surface area contributed by atoms with Gasteiger partial charge >= 0.3 is 0 Å². The molecule has 120 valence electrons. The summed E-state index contributed by atoms with van der Waals surface area (Å²) < 4.78 is 5.80. The van der Waals surface area contributed by atoms with Crippen molar-refractivity contribution in [1.29, 1.82) is 0 Å². The molecule has 0 bridgehead atoms.